The van der Waals surface area contributed by atoms with Gasteiger partial charge in [0.25, 0.3) is 5.92 Å². The van der Waals surface area contributed by atoms with Crippen LogP contribution in [0.1, 0.15) is 12.6 Å². The highest BCUT2D eigenvalue weighted by atomic mass is 19.3. The van der Waals surface area contributed by atoms with E-state index in [4.69, 9.17) is 0 Å². The van der Waals surface area contributed by atoms with Crippen LogP contribution >= 0.6 is 0 Å². The minimum Gasteiger partial charge on any atom is -0.508 e. The molecule has 3 nitrogen and oxygen atoms in total. The molecule has 0 amide bonds. The van der Waals surface area contributed by atoms with Crippen LogP contribution in [0.3, 0.4) is 0 Å². The van der Waals surface area contributed by atoms with E-state index in [0.717, 1.165) is 6.92 Å². The van der Waals surface area contributed by atoms with Crippen molar-refractivity contribution >= 4 is 10.9 Å². The molecule has 1 aromatic heterocycles. The number of aromatic hydroxyl groups is 1. The van der Waals surface area contributed by atoms with E-state index < -0.39 is 5.92 Å². The van der Waals surface area contributed by atoms with Gasteiger partial charge in [0, 0.05) is 19.4 Å². The molecule has 0 spiro atoms. The summed E-state index contributed by atoms with van der Waals surface area (Å²) in [5, 5.41) is 13.3. The van der Waals surface area contributed by atoms with Crippen LogP contribution in [0.5, 0.6) is 5.75 Å². The average molecular weight is 212 g/mol. The standard InChI is InChI=1S/C10H10F2N2O/c1-10(11,12)9-7-5-6(15)3-4-8(7)14(2)13-9/h3-5,15H,1-2H3. The van der Waals surface area contributed by atoms with E-state index in [0.29, 0.717) is 5.52 Å². The third-order valence-electron chi connectivity index (χ3n) is 2.25. The zero-order valence-electron chi connectivity index (χ0n) is 8.33. The first-order chi connectivity index (χ1) is 6.89. The van der Waals surface area contributed by atoms with Gasteiger partial charge in [-0.2, -0.15) is 13.9 Å². The summed E-state index contributed by atoms with van der Waals surface area (Å²) in [4.78, 5) is 0. The Kier molecular flexibility index (Phi) is 1.92. The van der Waals surface area contributed by atoms with Crippen molar-refractivity contribution in [3.8, 4) is 5.75 Å². The fourth-order valence-electron chi connectivity index (χ4n) is 1.58. The van der Waals surface area contributed by atoms with E-state index >= 15 is 0 Å². The number of nitrogens with zero attached hydrogens (tertiary/aromatic N) is 2. The lowest BCUT2D eigenvalue weighted by Crippen LogP contribution is -2.08. The van der Waals surface area contributed by atoms with Crippen molar-refractivity contribution < 1.29 is 13.9 Å². The summed E-state index contributed by atoms with van der Waals surface area (Å²) in [5.74, 6) is -3.05. The minimum atomic E-state index is -3.01. The number of fused-ring (bicyclic) bond motifs is 1. The maximum Gasteiger partial charge on any atom is 0.289 e. The molecule has 15 heavy (non-hydrogen) atoms. The maximum atomic E-state index is 13.2. The largest absolute Gasteiger partial charge is 0.508 e. The number of alkyl halides is 2. The van der Waals surface area contributed by atoms with Crippen LogP contribution in [0.4, 0.5) is 8.78 Å². The second-order valence-corrected chi connectivity index (χ2v) is 3.56. The van der Waals surface area contributed by atoms with Crippen molar-refractivity contribution in [2.24, 2.45) is 7.05 Å². The predicted molar refractivity (Wildman–Crippen MR) is 51.9 cm³/mol. The highest BCUT2D eigenvalue weighted by molar-refractivity contribution is 5.84. The van der Waals surface area contributed by atoms with E-state index in [1.807, 2.05) is 0 Å². The van der Waals surface area contributed by atoms with E-state index in [-0.39, 0.29) is 16.8 Å². The zero-order valence-corrected chi connectivity index (χ0v) is 8.33. The van der Waals surface area contributed by atoms with Gasteiger partial charge >= 0.3 is 0 Å². The number of halogens is 2. The lowest BCUT2D eigenvalue weighted by Gasteiger charge is -2.06. The van der Waals surface area contributed by atoms with Crippen LogP contribution in [0, 0.1) is 0 Å². The predicted octanol–water partition coefficient (Wildman–Crippen LogP) is 2.39. The molecule has 0 aliphatic heterocycles. The average Bonchev–Trinajstić information content (AvgIpc) is 2.42. The summed E-state index contributed by atoms with van der Waals surface area (Å²) < 4.78 is 27.7. The number of rotatable bonds is 1. The molecule has 0 atom stereocenters. The lowest BCUT2D eigenvalue weighted by atomic mass is 10.1. The van der Waals surface area contributed by atoms with Crippen molar-refractivity contribution in [2.45, 2.75) is 12.8 Å². The Hall–Kier alpha value is -1.65. The molecule has 0 fully saturated rings. The smallest absolute Gasteiger partial charge is 0.289 e. The summed E-state index contributed by atoms with van der Waals surface area (Å²) in [6.07, 6.45) is 0. The van der Waals surface area contributed by atoms with Crippen molar-refractivity contribution in [1.82, 2.24) is 9.78 Å². The third-order valence-corrected chi connectivity index (χ3v) is 2.25. The van der Waals surface area contributed by atoms with E-state index in [1.54, 1.807) is 13.1 Å². The van der Waals surface area contributed by atoms with Gasteiger partial charge in [-0.25, -0.2) is 0 Å². The van der Waals surface area contributed by atoms with Crippen molar-refractivity contribution in [1.29, 1.82) is 0 Å². The Labute approximate surface area is 84.9 Å². The van der Waals surface area contributed by atoms with Gasteiger partial charge in [-0.05, 0) is 18.2 Å². The van der Waals surface area contributed by atoms with Crippen LogP contribution < -0.4 is 0 Å². The minimum absolute atomic E-state index is 0.0407. The highest BCUT2D eigenvalue weighted by Gasteiger charge is 2.30. The zero-order chi connectivity index (χ0) is 11.2. The monoisotopic (exact) mass is 212 g/mol. The van der Waals surface area contributed by atoms with E-state index in [1.165, 1.54) is 16.8 Å². The molecule has 1 heterocycles. The molecule has 2 aromatic rings. The first-order valence-electron chi connectivity index (χ1n) is 4.43. The highest BCUT2D eigenvalue weighted by Crippen LogP contribution is 2.33. The number of hydrogen-bond donors (Lipinski definition) is 1. The Morgan fingerprint density at radius 2 is 2.07 bits per heavy atom. The Balaban J connectivity index is 2.81. The van der Waals surface area contributed by atoms with Crippen LogP contribution in [-0.4, -0.2) is 14.9 Å². The maximum absolute atomic E-state index is 13.2. The molecule has 0 saturated heterocycles. The van der Waals surface area contributed by atoms with Gasteiger partial charge in [0.1, 0.15) is 11.4 Å². The topological polar surface area (TPSA) is 38.0 Å². The summed E-state index contributed by atoms with van der Waals surface area (Å²) in [6, 6.07) is 4.31. The van der Waals surface area contributed by atoms with Gasteiger partial charge in [-0.3, -0.25) is 4.68 Å². The van der Waals surface area contributed by atoms with Gasteiger partial charge in [-0.15, -0.1) is 0 Å². The number of benzene rings is 1. The lowest BCUT2D eigenvalue weighted by molar-refractivity contribution is 0.0137. The van der Waals surface area contributed by atoms with Gasteiger partial charge in [-0.1, -0.05) is 0 Å². The van der Waals surface area contributed by atoms with E-state index in [9.17, 15) is 13.9 Å². The van der Waals surface area contributed by atoms with Crippen LogP contribution in [-0.2, 0) is 13.0 Å². The first-order valence-corrected chi connectivity index (χ1v) is 4.43. The molecule has 0 saturated carbocycles. The van der Waals surface area contributed by atoms with Crippen LogP contribution in [0.2, 0.25) is 0 Å². The number of aryl methyl sites for hydroxylation is 1. The molecule has 0 aliphatic rings. The summed E-state index contributed by atoms with van der Waals surface area (Å²) in [5.41, 5.74) is 0.264. The summed E-state index contributed by atoms with van der Waals surface area (Å²) >= 11 is 0. The third kappa shape index (κ3) is 1.54. The molecule has 0 bridgehead atoms. The normalized spacial score (nSPS) is 12.3. The number of phenols is 1. The molecular formula is C10H10F2N2O. The number of hydrogen-bond acceptors (Lipinski definition) is 2. The van der Waals surface area contributed by atoms with Crippen LogP contribution in [0.15, 0.2) is 18.2 Å². The Bertz CT molecular complexity index is 514. The quantitative estimate of drug-likeness (QED) is 0.788. The van der Waals surface area contributed by atoms with Crippen LogP contribution in [0.25, 0.3) is 10.9 Å². The molecule has 0 aliphatic carbocycles. The summed E-state index contributed by atoms with van der Waals surface area (Å²) in [6.45, 7) is 0.790. The fraction of sp³-hybridized carbons (Fsp3) is 0.300. The molecule has 0 radical (unpaired) electrons. The Morgan fingerprint density at radius 3 is 2.67 bits per heavy atom. The molecular weight excluding hydrogens is 202 g/mol. The number of aromatic nitrogens is 2. The first kappa shape index (κ1) is 9.89. The molecule has 1 N–H and O–H groups in total. The van der Waals surface area contributed by atoms with Crippen molar-refractivity contribution in [3.63, 3.8) is 0 Å². The SMILES string of the molecule is Cn1nc(C(C)(F)F)c2cc(O)ccc21. The molecule has 80 valence electrons. The Morgan fingerprint density at radius 1 is 1.40 bits per heavy atom. The summed E-state index contributed by atoms with van der Waals surface area (Å²) in [7, 11) is 1.59. The van der Waals surface area contributed by atoms with E-state index in [2.05, 4.69) is 5.10 Å². The second kappa shape index (κ2) is 2.92. The van der Waals surface area contributed by atoms with Gasteiger partial charge < -0.3 is 5.11 Å². The van der Waals surface area contributed by atoms with Gasteiger partial charge in [0.05, 0.1) is 5.52 Å². The van der Waals surface area contributed by atoms with Gasteiger partial charge in [0.15, 0.2) is 0 Å². The number of phenolic OH excluding ortho intramolecular Hbond substituents is 1. The molecule has 5 heteroatoms. The van der Waals surface area contributed by atoms with Gasteiger partial charge in [0.2, 0.25) is 0 Å². The molecule has 0 unspecified atom stereocenters. The fourth-order valence-corrected chi connectivity index (χ4v) is 1.58. The molecule has 2 rings (SSSR count). The van der Waals surface area contributed by atoms with Crippen molar-refractivity contribution in [2.75, 3.05) is 0 Å². The second-order valence-electron chi connectivity index (χ2n) is 3.56. The van der Waals surface area contributed by atoms with Crippen molar-refractivity contribution in [3.05, 3.63) is 23.9 Å². The molecule has 1 aromatic carbocycles.